The fourth-order valence-corrected chi connectivity index (χ4v) is 4.11. The predicted molar refractivity (Wildman–Crippen MR) is 86.0 cm³/mol. The summed E-state index contributed by atoms with van der Waals surface area (Å²) in [5, 5.41) is -0.194. The first-order valence-electron chi connectivity index (χ1n) is 7.48. The third-order valence-electron chi connectivity index (χ3n) is 4.08. The molecule has 1 aliphatic rings. The zero-order chi connectivity index (χ0) is 16.3. The van der Waals surface area contributed by atoms with E-state index in [0.29, 0.717) is 12.5 Å². The van der Waals surface area contributed by atoms with E-state index in [1.165, 1.54) is 12.5 Å². The van der Waals surface area contributed by atoms with Crippen molar-refractivity contribution >= 4 is 21.6 Å². The molecule has 2 unspecified atom stereocenters. The van der Waals surface area contributed by atoms with Crippen LogP contribution in [0.25, 0.3) is 0 Å². The van der Waals surface area contributed by atoms with E-state index in [4.69, 9.17) is 11.6 Å². The molecule has 1 N–H and O–H groups in total. The molecular weight excluding hydrogens is 327 g/mol. The number of benzene rings is 1. The van der Waals surface area contributed by atoms with Crippen molar-refractivity contribution < 1.29 is 12.8 Å². The maximum atomic E-state index is 13.1. The number of nitrogens with one attached hydrogen (secondary N) is 1. The Morgan fingerprint density at radius 2 is 2.23 bits per heavy atom. The topological polar surface area (TPSA) is 49.4 Å². The van der Waals surface area contributed by atoms with E-state index in [0.717, 1.165) is 31.6 Å². The van der Waals surface area contributed by atoms with E-state index < -0.39 is 15.8 Å². The smallest absolute Gasteiger partial charge is 0.240 e. The zero-order valence-electron chi connectivity index (χ0n) is 12.9. The van der Waals surface area contributed by atoms with Crippen LogP contribution in [-0.4, -0.2) is 39.0 Å². The van der Waals surface area contributed by atoms with Crippen LogP contribution in [0.2, 0.25) is 5.02 Å². The van der Waals surface area contributed by atoms with Crippen molar-refractivity contribution in [2.45, 2.75) is 37.6 Å². The summed E-state index contributed by atoms with van der Waals surface area (Å²) in [6.45, 7) is 6.53. The molecule has 0 spiro atoms. The Morgan fingerprint density at radius 1 is 1.50 bits per heavy atom. The molecule has 7 heteroatoms. The summed E-state index contributed by atoms with van der Waals surface area (Å²) >= 11 is 5.64. The average molecular weight is 349 g/mol. The maximum Gasteiger partial charge on any atom is 0.240 e. The molecule has 0 radical (unpaired) electrons. The molecule has 0 bridgehead atoms. The van der Waals surface area contributed by atoms with Crippen molar-refractivity contribution in [3.8, 4) is 0 Å². The van der Waals surface area contributed by atoms with Gasteiger partial charge in [-0.3, -0.25) is 4.90 Å². The largest absolute Gasteiger partial charge is 0.299 e. The van der Waals surface area contributed by atoms with Crippen LogP contribution >= 0.6 is 11.6 Å². The van der Waals surface area contributed by atoms with Crippen LogP contribution in [0.5, 0.6) is 0 Å². The lowest BCUT2D eigenvalue weighted by molar-refractivity contribution is 0.140. The lowest BCUT2D eigenvalue weighted by Gasteiger charge is -2.35. The molecule has 1 aromatic rings. The maximum absolute atomic E-state index is 13.1. The molecule has 1 saturated heterocycles. The normalized spacial score (nSPS) is 21.7. The molecule has 124 valence electrons. The molecule has 0 amide bonds. The van der Waals surface area contributed by atoms with Gasteiger partial charge in [-0.25, -0.2) is 17.5 Å². The summed E-state index contributed by atoms with van der Waals surface area (Å²) in [6.07, 6.45) is 2.37. The number of piperidine rings is 1. The Morgan fingerprint density at radius 3 is 2.86 bits per heavy atom. The number of nitrogens with zero attached hydrogens (tertiary/aromatic N) is 1. The van der Waals surface area contributed by atoms with E-state index >= 15 is 0 Å². The minimum absolute atomic E-state index is 0.0156. The summed E-state index contributed by atoms with van der Waals surface area (Å²) < 4.78 is 40.2. The third-order valence-corrected chi connectivity index (χ3v) is 5.79. The number of rotatable bonds is 5. The molecule has 22 heavy (non-hydrogen) atoms. The molecule has 0 aliphatic carbocycles. The fraction of sp³-hybridized carbons (Fsp3) is 0.600. The average Bonchev–Trinajstić information content (AvgIpc) is 2.47. The van der Waals surface area contributed by atoms with Gasteiger partial charge >= 0.3 is 0 Å². The first-order chi connectivity index (χ1) is 10.3. The van der Waals surface area contributed by atoms with E-state index in [2.05, 4.69) is 16.5 Å². The Balaban J connectivity index is 1.98. The van der Waals surface area contributed by atoms with Gasteiger partial charge in [0.15, 0.2) is 0 Å². The van der Waals surface area contributed by atoms with E-state index in [1.807, 2.05) is 6.92 Å². The van der Waals surface area contributed by atoms with Crippen molar-refractivity contribution in [3.05, 3.63) is 29.0 Å². The highest BCUT2D eigenvalue weighted by atomic mass is 35.5. The molecule has 1 heterocycles. The molecule has 1 fully saturated rings. The van der Waals surface area contributed by atoms with Crippen LogP contribution in [0.4, 0.5) is 4.39 Å². The number of halogens is 2. The van der Waals surface area contributed by atoms with Crippen LogP contribution in [0, 0.1) is 11.7 Å². The summed E-state index contributed by atoms with van der Waals surface area (Å²) in [6, 6.07) is 3.53. The predicted octanol–water partition coefficient (Wildman–Crippen LogP) is 2.88. The number of sulfonamides is 1. The summed E-state index contributed by atoms with van der Waals surface area (Å²) in [5.41, 5.74) is 0. The van der Waals surface area contributed by atoms with Crippen molar-refractivity contribution in [3.63, 3.8) is 0 Å². The molecular formula is C15H22ClFN2O2S. The Hall–Kier alpha value is -0.690. The Labute approximate surface area is 136 Å². The van der Waals surface area contributed by atoms with Crippen LogP contribution in [-0.2, 0) is 10.0 Å². The van der Waals surface area contributed by atoms with Gasteiger partial charge in [-0.15, -0.1) is 0 Å². The molecule has 2 rings (SSSR count). The van der Waals surface area contributed by atoms with Crippen molar-refractivity contribution in [1.29, 1.82) is 0 Å². The molecule has 4 nitrogen and oxygen atoms in total. The van der Waals surface area contributed by atoms with Gasteiger partial charge < -0.3 is 0 Å². The summed E-state index contributed by atoms with van der Waals surface area (Å²) in [7, 11) is -3.67. The minimum Gasteiger partial charge on any atom is -0.299 e. The fourth-order valence-electron chi connectivity index (χ4n) is 2.71. The highest BCUT2D eigenvalue weighted by Crippen LogP contribution is 2.20. The first kappa shape index (κ1) is 17.7. The van der Waals surface area contributed by atoms with Crippen molar-refractivity contribution in [2.75, 3.05) is 19.6 Å². The zero-order valence-corrected chi connectivity index (χ0v) is 14.4. The second kappa shape index (κ2) is 7.25. The second-order valence-electron chi connectivity index (χ2n) is 6.02. The first-order valence-corrected chi connectivity index (χ1v) is 9.34. The van der Waals surface area contributed by atoms with Gasteiger partial charge in [0, 0.05) is 19.1 Å². The third kappa shape index (κ3) is 4.41. The number of hydrogen-bond acceptors (Lipinski definition) is 3. The molecule has 1 aromatic carbocycles. The van der Waals surface area contributed by atoms with Gasteiger partial charge in [-0.1, -0.05) is 18.5 Å². The van der Waals surface area contributed by atoms with Crippen molar-refractivity contribution in [2.24, 2.45) is 5.92 Å². The van der Waals surface area contributed by atoms with Gasteiger partial charge in [0.05, 0.1) is 9.92 Å². The highest BCUT2D eigenvalue weighted by Gasteiger charge is 2.23. The van der Waals surface area contributed by atoms with E-state index in [-0.39, 0.29) is 16.0 Å². The van der Waals surface area contributed by atoms with Gasteiger partial charge in [0.2, 0.25) is 10.0 Å². The molecule has 1 aliphatic heterocycles. The van der Waals surface area contributed by atoms with E-state index in [9.17, 15) is 12.8 Å². The highest BCUT2D eigenvalue weighted by molar-refractivity contribution is 7.89. The van der Waals surface area contributed by atoms with Crippen LogP contribution in [0.1, 0.15) is 26.7 Å². The van der Waals surface area contributed by atoms with Crippen LogP contribution in [0.15, 0.2) is 23.1 Å². The molecule has 0 saturated carbocycles. The number of likely N-dealkylation sites (tertiary alicyclic amines) is 1. The second-order valence-corrected chi connectivity index (χ2v) is 8.19. The molecule has 2 atom stereocenters. The Bertz CT molecular complexity index is 624. The van der Waals surface area contributed by atoms with Crippen LogP contribution < -0.4 is 4.72 Å². The summed E-state index contributed by atoms with van der Waals surface area (Å²) in [5.74, 6) is 0.0139. The van der Waals surface area contributed by atoms with E-state index in [1.54, 1.807) is 0 Å². The van der Waals surface area contributed by atoms with Gasteiger partial charge in [-0.05, 0) is 50.4 Å². The Kier molecular flexibility index (Phi) is 5.82. The SMILES string of the molecule is CC1CCCN(C(C)CNS(=O)(=O)c2ccc(F)c(Cl)c2)C1. The number of hydrogen-bond donors (Lipinski definition) is 1. The lowest BCUT2D eigenvalue weighted by Crippen LogP contribution is -2.46. The minimum atomic E-state index is -3.67. The monoisotopic (exact) mass is 348 g/mol. The quantitative estimate of drug-likeness (QED) is 0.890. The van der Waals surface area contributed by atoms with Gasteiger partial charge in [0.1, 0.15) is 5.82 Å². The summed E-state index contributed by atoms with van der Waals surface area (Å²) in [4.78, 5) is 2.28. The van der Waals surface area contributed by atoms with Crippen molar-refractivity contribution in [1.82, 2.24) is 9.62 Å². The standard InChI is InChI=1S/C15H22ClFN2O2S/c1-11-4-3-7-19(10-11)12(2)9-18-22(20,21)13-5-6-15(17)14(16)8-13/h5-6,8,11-12,18H,3-4,7,9-10H2,1-2H3. The van der Waals surface area contributed by atoms with Gasteiger partial charge in [0.25, 0.3) is 0 Å². The van der Waals surface area contributed by atoms with Crippen LogP contribution in [0.3, 0.4) is 0 Å². The molecule has 0 aromatic heterocycles. The lowest BCUT2D eigenvalue weighted by atomic mass is 9.99. The van der Waals surface area contributed by atoms with Gasteiger partial charge in [-0.2, -0.15) is 0 Å².